The topological polar surface area (TPSA) is 129 Å². The van der Waals surface area contributed by atoms with Crippen LogP contribution in [0.15, 0.2) is 59.6 Å². The number of anilines is 4. The van der Waals surface area contributed by atoms with Crippen LogP contribution in [0.5, 0.6) is 0 Å². The third-order valence-corrected chi connectivity index (χ3v) is 6.40. The van der Waals surface area contributed by atoms with Gasteiger partial charge in [0.05, 0.1) is 4.90 Å². The van der Waals surface area contributed by atoms with Crippen molar-refractivity contribution in [3.8, 4) is 0 Å². The van der Waals surface area contributed by atoms with Crippen molar-refractivity contribution in [1.29, 1.82) is 0 Å². The lowest BCUT2D eigenvalue weighted by molar-refractivity contribution is -0.116. The first kappa shape index (κ1) is 21.7. The first-order valence-corrected chi connectivity index (χ1v) is 11.6. The molecule has 1 aliphatic rings. The molecule has 32 heavy (non-hydrogen) atoms. The summed E-state index contributed by atoms with van der Waals surface area (Å²) in [4.78, 5) is 17.7. The minimum atomic E-state index is -3.66. The van der Waals surface area contributed by atoms with Crippen molar-refractivity contribution in [2.24, 2.45) is 0 Å². The van der Waals surface area contributed by atoms with Gasteiger partial charge in [0.25, 0.3) is 0 Å². The Balaban J connectivity index is 1.28. The average molecular weight is 454 g/mol. The Morgan fingerprint density at radius 2 is 1.84 bits per heavy atom. The molecule has 1 amide bonds. The van der Waals surface area contributed by atoms with Gasteiger partial charge in [-0.15, -0.1) is 10.2 Å². The van der Waals surface area contributed by atoms with Crippen molar-refractivity contribution in [3.63, 3.8) is 0 Å². The lowest BCUT2D eigenvalue weighted by Gasteiger charge is -2.15. The summed E-state index contributed by atoms with van der Waals surface area (Å²) in [5, 5.41) is 14.2. The molecule has 2 aromatic heterocycles. The molecule has 0 bridgehead atoms. The lowest BCUT2D eigenvalue weighted by Crippen LogP contribution is -2.29. The highest BCUT2D eigenvalue weighted by atomic mass is 32.2. The molecule has 166 valence electrons. The van der Waals surface area contributed by atoms with Crippen LogP contribution in [0.25, 0.3) is 0 Å². The number of pyridine rings is 1. The standard InChI is InChI=1S/C21H23N7O3S/c1-15(29)28-13-9-16-14-17(5-6-18(16)28)32(30,31)24-12-11-23-20-7-8-21(27-26-20)25-19-4-2-3-10-22-19/h2-8,10,14,24H,9,11-13H2,1H3,(H,23,26)(H,22,25,27). The predicted octanol–water partition coefficient (Wildman–Crippen LogP) is 1.91. The summed E-state index contributed by atoms with van der Waals surface area (Å²) < 4.78 is 27.8. The minimum absolute atomic E-state index is 0.0489. The van der Waals surface area contributed by atoms with Gasteiger partial charge in [0, 0.05) is 38.4 Å². The summed E-state index contributed by atoms with van der Waals surface area (Å²) in [6, 6.07) is 13.8. The number of carbonyl (C=O) groups is 1. The number of sulfonamides is 1. The number of carbonyl (C=O) groups excluding carboxylic acids is 1. The average Bonchev–Trinajstić information content (AvgIpc) is 3.22. The van der Waals surface area contributed by atoms with Crippen molar-refractivity contribution in [1.82, 2.24) is 19.9 Å². The number of aromatic nitrogens is 3. The van der Waals surface area contributed by atoms with Gasteiger partial charge in [0.1, 0.15) is 11.6 Å². The molecule has 0 fully saturated rings. The van der Waals surface area contributed by atoms with Crippen LogP contribution >= 0.6 is 0 Å². The van der Waals surface area contributed by atoms with E-state index in [-0.39, 0.29) is 17.3 Å². The molecular formula is C21H23N7O3S. The first-order chi connectivity index (χ1) is 15.4. The summed E-state index contributed by atoms with van der Waals surface area (Å²) in [5.41, 5.74) is 1.63. The number of fused-ring (bicyclic) bond motifs is 1. The van der Waals surface area contributed by atoms with Gasteiger partial charge in [0.2, 0.25) is 15.9 Å². The van der Waals surface area contributed by atoms with Crippen molar-refractivity contribution in [3.05, 3.63) is 60.3 Å². The molecule has 0 spiro atoms. The van der Waals surface area contributed by atoms with Crippen LogP contribution in [0, 0.1) is 0 Å². The van der Waals surface area contributed by atoms with Crippen molar-refractivity contribution >= 4 is 39.1 Å². The Bertz CT molecular complexity index is 1200. The van der Waals surface area contributed by atoms with Crippen LogP contribution in [-0.2, 0) is 21.2 Å². The van der Waals surface area contributed by atoms with E-state index in [4.69, 9.17) is 0 Å². The van der Waals surface area contributed by atoms with Crippen molar-refractivity contribution < 1.29 is 13.2 Å². The molecule has 10 nitrogen and oxygen atoms in total. The van der Waals surface area contributed by atoms with E-state index in [1.807, 2.05) is 18.2 Å². The maximum absolute atomic E-state index is 12.6. The SMILES string of the molecule is CC(=O)N1CCc2cc(S(=O)(=O)NCCNc3ccc(Nc4ccccn4)nn3)ccc21. The number of nitrogens with one attached hydrogen (secondary N) is 3. The third-order valence-electron chi connectivity index (χ3n) is 4.95. The highest BCUT2D eigenvalue weighted by molar-refractivity contribution is 7.89. The zero-order chi connectivity index (χ0) is 22.6. The van der Waals surface area contributed by atoms with E-state index < -0.39 is 10.0 Å². The Labute approximate surface area is 186 Å². The number of benzene rings is 1. The quantitative estimate of drug-likeness (QED) is 0.441. The number of nitrogens with zero attached hydrogens (tertiary/aromatic N) is 4. The lowest BCUT2D eigenvalue weighted by atomic mass is 10.2. The largest absolute Gasteiger partial charge is 0.367 e. The highest BCUT2D eigenvalue weighted by Gasteiger charge is 2.24. The predicted molar refractivity (Wildman–Crippen MR) is 121 cm³/mol. The van der Waals surface area contributed by atoms with Gasteiger partial charge in [-0.25, -0.2) is 18.1 Å². The third kappa shape index (κ3) is 5.01. The van der Waals surface area contributed by atoms with E-state index in [0.717, 1.165) is 11.3 Å². The van der Waals surface area contributed by atoms with Crippen LogP contribution in [0.1, 0.15) is 12.5 Å². The first-order valence-electron chi connectivity index (χ1n) is 10.1. The summed E-state index contributed by atoms with van der Waals surface area (Å²) in [6.45, 7) is 2.59. The molecule has 0 atom stereocenters. The van der Waals surface area contributed by atoms with Crippen LogP contribution in [0.4, 0.5) is 23.1 Å². The monoisotopic (exact) mass is 453 g/mol. The smallest absolute Gasteiger partial charge is 0.240 e. The van der Waals surface area contributed by atoms with Gasteiger partial charge >= 0.3 is 0 Å². The molecule has 0 saturated carbocycles. The fourth-order valence-corrected chi connectivity index (χ4v) is 4.47. The van der Waals surface area contributed by atoms with Gasteiger partial charge < -0.3 is 15.5 Å². The van der Waals surface area contributed by atoms with E-state index in [9.17, 15) is 13.2 Å². The molecule has 0 unspecified atom stereocenters. The number of hydrogen-bond acceptors (Lipinski definition) is 8. The van der Waals surface area contributed by atoms with Crippen LogP contribution < -0.4 is 20.3 Å². The Morgan fingerprint density at radius 3 is 2.56 bits per heavy atom. The second kappa shape index (κ2) is 9.28. The Hall–Kier alpha value is -3.57. The molecule has 1 aromatic carbocycles. The summed E-state index contributed by atoms with van der Waals surface area (Å²) in [5.74, 6) is 1.69. The highest BCUT2D eigenvalue weighted by Crippen LogP contribution is 2.30. The Kier molecular flexibility index (Phi) is 6.28. The number of hydrogen-bond donors (Lipinski definition) is 3. The molecule has 3 N–H and O–H groups in total. The van der Waals surface area contributed by atoms with E-state index >= 15 is 0 Å². The fraction of sp³-hybridized carbons (Fsp3) is 0.238. The van der Waals surface area contributed by atoms with E-state index in [0.29, 0.717) is 37.0 Å². The van der Waals surface area contributed by atoms with Crippen molar-refractivity contribution in [2.45, 2.75) is 18.2 Å². The summed E-state index contributed by atoms with van der Waals surface area (Å²) in [6.07, 6.45) is 2.32. The maximum Gasteiger partial charge on any atom is 0.240 e. The van der Waals surface area contributed by atoms with E-state index in [2.05, 4.69) is 30.5 Å². The van der Waals surface area contributed by atoms with Gasteiger partial charge in [-0.2, -0.15) is 0 Å². The molecule has 0 saturated heterocycles. The van der Waals surface area contributed by atoms with Crippen LogP contribution in [-0.4, -0.2) is 49.1 Å². The van der Waals surface area contributed by atoms with E-state index in [1.165, 1.54) is 13.0 Å². The molecule has 1 aliphatic heterocycles. The van der Waals surface area contributed by atoms with E-state index in [1.54, 1.807) is 35.4 Å². The van der Waals surface area contributed by atoms with Gasteiger partial charge in [-0.05, 0) is 54.4 Å². The van der Waals surface area contributed by atoms with Gasteiger partial charge in [-0.3, -0.25) is 4.79 Å². The zero-order valence-electron chi connectivity index (χ0n) is 17.4. The molecular weight excluding hydrogens is 430 g/mol. The molecule has 3 heterocycles. The molecule has 0 aliphatic carbocycles. The van der Waals surface area contributed by atoms with Crippen LogP contribution in [0.3, 0.4) is 0 Å². The van der Waals surface area contributed by atoms with Crippen molar-refractivity contribution in [2.75, 3.05) is 35.2 Å². The second-order valence-corrected chi connectivity index (χ2v) is 8.95. The van der Waals surface area contributed by atoms with Gasteiger partial charge in [0.15, 0.2) is 5.82 Å². The number of rotatable bonds is 8. The molecule has 4 rings (SSSR count). The number of amides is 1. The molecule has 3 aromatic rings. The fourth-order valence-electron chi connectivity index (χ4n) is 3.39. The van der Waals surface area contributed by atoms with Gasteiger partial charge in [-0.1, -0.05) is 6.07 Å². The minimum Gasteiger partial charge on any atom is -0.367 e. The maximum atomic E-state index is 12.6. The van der Waals surface area contributed by atoms with Crippen LogP contribution in [0.2, 0.25) is 0 Å². The summed E-state index contributed by atoms with van der Waals surface area (Å²) >= 11 is 0. The Morgan fingerprint density at radius 1 is 1.03 bits per heavy atom. The molecule has 11 heteroatoms. The molecule has 0 radical (unpaired) electrons. The zero-order valence-corrected chi connectivity index (χ0v) is 18.3. The summed E-state index contributed by atoms with van der Waals surface area (Å²) in [7, 11) is -3.66. The second-order valence-electron chi connectivity index (χ2n) is 7.18. The normalized spacial score (nSPS) is 13.0.